The van der Waals surface area contributed by atoms with Crippen LogP contribution in [0.15, 0.2) is 97.7 Å². The molecule has 2 amide bonds. The second-order valence-electron chi connectivity index (χ2n) is 22.7. The first-order valence-corrected chi connectivity index (χ1v) is 27.8. The van der Waals surface area contributed by atoms with Gasteiger partial charge in [0, 0.05) is 69.4 Å². The highest BCUT2D eigenvalue weighted by atomic mass is 19.1. The number of piperidine rings is 3. The number of likely N-dealkylation sites (tertiary alicyclic amines) is 2. The van der Waals surface area contributed by atoms with E-state index < -0.39 is 28.4 Å². The summed E-state index contributed by atoms with van der Waals surface area (Å²) in [6, 6.07) is 0.108. The highest BCUT2D eigenvalue weighted by molar-refractivity contribution is 5.76. The first-order chi connectivity index (χ1) is 40.2. The summed E-state index contributed by atoms with van der Waals surface area (Å²) in [4.78, 5) is 74.2. The largest absolute Gasteiger partial charge is 0.444 e. The molecule has 0 unspecified atom stereocenters. The number of H-pyrrole nitrogens is 1. The van der Waals surface area contributed by atoms with Gasteiger partial charge in [0.2, 0.25) is 5.82 Å². The second-order valence-corrected chi connectivity index (χ2v) is 22.7. The smallest absolute Gasteiger partial charge is 0.410 e. The average Bonchev–Trinajstić information content (AvgIpc) is 4.05. The number of hydrogen-bond acceptors (Lipinski definition) is 18. The van der Waals surface area contributed by atoms with Gasteiger partial charge < -0.3 is 35.3 Å². The van der Waals surface area contributed by atoms with Crippen molar-refractivity contribution >= 4 is 28.7 Å². The molecule has 12 rings (SSSR count). The minimum absolute atomic E-state index is 0.106. The van der Waals surface area contributed by atoms with Gasteiger partial charge in [-0.2, -0.15) is 19.7 Å². The zero-order chi connectivity index (χ0) is 59.5. The molecule has 4 N–H and O–H groups in total. The van der Waals surface area contributed by atoms with Gasteiger partial charge in [0.1, 0.15) is 17.0 Å². The van der Waals surface area contributed by atoms with Crippen LogP contribution in [0.5, 0.6) is 0 Å². The molecule has 84 heavy (non-hydrogen) atoms. The lowest BCUT2D eigenvalue weighted by Gasteiger charge is -2.34. The van der Waals surface area contributed by atoms with E-state index in [1.54, 1.807) is 91.5 Å². The van der Waals surface area contributed by atoms with Gasteiger partial charge in [0.25, 0.3) is 5.56 Å². The van der Waals surface area contributed by atoms with E-state index in [0.717, 1.165) is 81.0 Å². The Morgan fingerprint density at radius 1 is 0.595 bits per heavy atom. The molecule has 0 aliphatic carbocycles. The molecule has 0 spiro atoms. The van der Waals surface area contributed by atoms with E-state index >= 15 is 0 Å². The Bertz CT molecular complexity index is 3760. The van der Waals surface area contributed by atoms with E-state index in [0.29, 0.717) is 78.1 Å². The van der Waals surface area contributed by atoms with E-state index in [1.807, 2.05) is 41.5 Å². The van der Waals surface area contributed by atoms with E-state index in [1.165, 1.54) is 18.6 Å². The van der Waals surface area contributed by atoms with Gasteiger partial charge >= 0.3 is 12.2 Å². The fraction of sp³-hybridized carbons (Fsp3) is 0.439. The number of amides is 2. The molecule has 9 aromatic heterocycles. The van der Waals surface area contributed by atoms with E-state index in [9.17, 15) is 27.6 Å². The standard InChI is InChI=1S/C21H25FN6O2.C16H17FN6.C10H6FN5O.C10H20N2O2/c1-21(2,3)30-20(29)27-7-4-5-14(13-27)9-17-16(22)11-24-19(26-17)15-10-25-28-8-6-23-12-18(15)28;17-13-9-20-16(12-8-21-23-5-4-19-10-15(12)23)22-14(13)6-11-2-1-3-18-7-11;11-7-4-13-9(15-10(7)17)6-3-14-16-2-1-12-5-8(6)16;1-10(2,3)14-9(13)12-6-4-5-8(11)7-12/h6,8,10-12,14H,4-5,7,9,13H2,1-3H3;4-5,8-11,18H,1-3,6-7H2;1-5H,(H,13,15,17);8H,4-7,11H2,1-3H3/t14-;11-;;8-/m00.1/s1. The van der Waals surface area contributed by atoms with Crippen LogP contribution in [-0.2, 0) is 22.3 Å². The minimum Gasteiger partial charge on any atom is -0.444 e. The number of aromatic amines is 1. The molecule has 3 saturated heterocycles. The number of rotatable bonds is 7. The van der Waals surface area contributed by atoms with Gasteiger partial charge in [0.15, 0.2) is 23.3 Å². The lowest BCUT2D eigenvalue weighted by Crippen LogP contribution is -2.47. The van der Waals surface area contributed by atoms with Crippen molar-refractivity contribution in [1.29, 1.82) is 0 Å². The predicted octanol–water partition coefficient (Wildman–Crippen LogP) is 7.35. The second kappa shape index (κ2) is 26.6. The number of fused-ring (bicyclic) bond motifs is 3. The van der Waals surface area contributed by atoms with Crippen LogP contribution in [0.1, 0.15) is 91.5 Å². The highest BCUT2D eigenvalue weighted by Crippen LogP contribution is 2.27. The zero-order valence-corrected chi connectivity index (χ0v) is 47.7. The summed E-state index contributed by atoms with van der Waals surface area (Å²) < 4.78 is 57.1. The molecule has 3 fully saturated rings. The molecule has 0 bridgehead atoms. The summed E-state index contributed by atoms with van der Waals surface area (Å²) in [6.07, 6.45) is 29.7. The monoisotopic (exact) mass is 1160 g/mol. The van der Waals surface area contributed by atoms with Crippen molar-refractivity contribution in [3.05, 3.63) is 132 Å². The third-order valence-electron chi connectivity index (χ3n) is 13.7. The molecule has 27 heteroatoms. The highest BCUT2D eigenvalue weighted by Gasteiger charge is 2.30. The summed E-state index contributed by atoms with van der Waals surface area (Å²) in [5, 5.41) is 15.9. The van der Waals surface area contributed by atoms with Crippen molar-refractivity contribution in [2.45, 2.75) is 110 Å². The number of nitrogens with two attached hydrogens (primary N) is 1. The normalized spacial score (nSPS) is 17.3. The fourth-order valence-electron chi connectivity index (χ4n) is 9.77. The van der Waals surface area contributed by atoms with Crippen molar-refractivity contribution < 1.29 is 32.2 Å². The molecular formula is C57H68F3N19O5. The van der Waals surface area contributed by atoms with E-state index in [-0.39, 0.29) is 35.8 Å². The van der Waals surface area contributed by atoms with Gasteiger partial charge in [-0.15, -0.1) is 0 Å². The number of aromatic nitrogens is 15. The van der Waals surface area contributed by atoms with Crippen molar-refractivity contribution in [3.8, 4) is 34.2 Å². The van der Waals surface area contributed by atoms with Crippen LogP contribution in [0.2, 0.25) is 0 Å². The number of nitrogens with one attached hydrogen (secondary N) is 2. The van der Waals surface area contributed by atoms with Crippen LogP contribution in [0.3, 0.4) is 0 Å². The Morgan fingerprint density at radius 3 is 1.55 bits per heavy atom. The van der Waals surface area contributed by atoms with Crippen molar-refractivity contribution in [2.75, 3.05) is 39.3 Å². The summed E-state index contributed by atoms with van der Waals surface area (Å²) in [5.74, 6) is 0.00227. The zero-order valence-electron chi connectivity index (χ0n) is 47.7. The van der Waals surface area contributed by atoms with Crippen LogP contribution in [0.4, 0.5) is 22.8 Å². The number of ether oxygens (including phenoxy) is 2. The quantitative estimate of drug-likeness (QED) is 0.141. The minimum atomic E-state index is -0.914. The van der Waals surface area contributed by atoms with Crippen molar-refractivity contribution in [3.63, 3.8) is 0 Å². The van der Waals surface area contributed by atoms with E-state index in [2.05, 4.69) is 65.5 Å². The maximum absolute atomic E-state index is 14.5. The molecule has 12 heterocycles. The summed E-state index contributed by atoms with van der Waals surface area (Å²) >= 11 is 0. The lowest BCUT2D eigenvalue weighted by atomic mass is 9.93. The molecule has 3 aliphatic rings. The number of nitrogens with zero attached hydrogens (tertiary/aromatic N) is 16. The third-order valence-corrected chi connectivity index (χ3v) is 13.7. The lowest BCUT2D eigenvalue weighted by molar-refractivity contribution is 0.0163. The van der Waals surface area contributed by atoms with Gasteiger partial charge in [-0.25, -0.2) is 56.8 Å². The van der Waals surface area contributed by atoms with Crippen LogP contribution in [0, 0.1) is 29.3 Å². The Hall–Kier alpha value is -8.85. The Morgan fingerprint density at radius 2 is 1.06 bits per heavy atom. The Kier molecular flexibility index (Phi) is 18.9. The van der Waals surface area contributed by atoms with Gasteiger partial charge in [-0.1, -0.05) is 0 Å². The Balaban J connectivity index is 0.000000140. The SMILES string of the molecule is CC(C)(C)OC(=O)N1CCC[C@@H](Cc2nc(-c3cnn4ccncc34)ncc2F)C1.CC(C)(C)OC(=O)N1CCC[C@@H](N)C1.Fc1cnc(-c2cnn3ccncc23)nc1C[C@@H]1CCCNC1.O=c1[nH]c(-c2cnn3ccncc23)ncc1F. The van der Waals surface area contributed by atoms with Crippen molar-refractivity contribution in [2.24, 2.45) is 17.6 Å². The number of halogens is 3. The van der Waals surface area contributed by atoms with Crippen molar-refractivity contribution in [1.82, 2.24) is 88.8 Å². The topological polar surface area (TPSA) is 285 Å². The first-order valence-electron chi connectivity index (χ1n) is 27.8. The molecule has 3 atom stereocenters. The Labute approximate surface area is 481 Å². The van der Waals surface area contributed by atoms with Gasteiger partial charge in [-0.3, -0.25) is 19.7 Å². The summed E-state index contributed by atoms with van der Waals surface area (Å²) in [6.45, 7) is 15.7. The third kappa shape index (κ3) is 15.6. The molecule has 24 nitrogen and oxygen atoms in total. The molecule has 0 aromatic carbocycles. The first kappa shape index (κ1) is 59.8. The molecular weight excluding hydrogens is 1090 g/mol. The maximum atomic E-state index is 14.5. The molecule has 442 valence electrons. The maximum Gasteiger partial charge on any atom is 0.410 e. The summed E-state index contributed by atoms with van der Waals surface area (Å²) in [7, 11) is 0. The number of carbonyl (C=O) groups is 2. The fourth-order valence-corrected chi connectivity index (χ4v) is 9.77. The van der Waals surface area contributed by atoms with E-state index in [4.69, 9.17) is 15.2 Å². The average molecular weight is 1160 g/mol. The summed E-state index contributed by atoms with van der Waals surface area (Å²) in [5.41, 5.74) is 9.14. The molecule has 9 aromatic rings. The number of carbonyl (C=O) groups excluding carboxylic acids is 2. The number of hydrogen-bond donors (Lipinski definition) is 3. The predicted molar refractivity (Wildman–Crippen MR) is 303 cm³/mol. The molecule has 0 saturated carbocycles. The van der Waals surface area contributed by atoms with Crippen LogP contribution >= 0.6 is 0 Å². The van der Waals surface area contributed by atoms with Crippen LogP contribution in [-0.4, -0.2) is 152 Å². The molecule has 3 aliphatic heterocycles. The van der Waals surface area contributed by atoms with Crippen LogP contribution < -0.4 is 16.6 Å². The molecule has 0 radical (unpaired) electrons. The van der Waals surface area contributed by atoms with Gasteiger partial charge in [0.05, 0.1) is 100 Å². The van der Waals surface area contributed by atoms with Crippen LogP contribution in [0.25, 0.3) is 50.7 Å². The van der Waals surface area contributed by atoms with Gasteiger partial charge in [-0.05, 0) is 118 Å².